The topological polar surface area (TPSA) is 99.1 Å². The molecule has 4 aliphatic carbocycles. The van der Waals surface area contributed by atoms with Crippen molar-refractivity contribution in [2.45, 2.75) is 126 Å². The van der Waals surface area contributed by atoms with Crippen LogP contribution in [0.3, 0.4) is 0 Å². The summed E-state index contributed by atoms with van der Waals surface area (Å²) in [7, 11) is 0. The van der Waals surface area contributed by atoms with Crippen molar-refractivity contribution >= 4 is 39.5 Å². The Kier molecular flexibility index (Phi) is 13.0. The second-order valence-corrected chi connectivity index (χ2v) is 17.1. The highest BCUT2D eigenvalue weighted by Crippen LogP contribution is 2.57. The van der Waals surface area contributed by atoms with Crippen LogP contribution in [0.4, 0.5) is 0 Å². The molecular formula is C44H62O7. The lowest BCUT2D eigenvalue weighted by Crippen LogP contribution is -2.53. The van der Waals surface area contributed by atoms with Gasteiger partial charge in [-0.15, -0.1) is 0 Å². The fourth-order valence-electron chi connectivity index (χ4n) is 7.57. The summed E-state index contributed by atoms with van der Waals surface area (Å²) in [6, 6.07) is 18.2. The minimum atomic E-state index is -0.488. The number of aliphatic hydroxyl groups is 1. The van der Waals surface area contributed by atoms with Crippen LogP contribution in [0.2, 0.25) is 0 Å². The van der Waals surface area contributed by atoms with Crippen LogP contribution >= 0.6 is 0 Å². The van der Waals surface area contributed by atoms with E-state index < -0.39 is 10.8 Å². The first-order chi connectivity index (χ1) is 24.0. The zero-order chi connectivity index (χ0) is 37.6. The van der Waals surface area contributed by atoms with Gasteiger partial charge in [0, 0.05) is 10.8 Å². The van der Waals surface area contributed by atoms with Crippen molar-refractivity contribution in [1.82, 2.24) is 0 Å². The molecule has 0 amide bonds. The predicted octanol–water partition coefficient (Wildman–Crippen LogP) is 10.2. The van der Waals surface area contributed by atoms with Crippen molar-refractivity contribution in [2.75, 3.05) is 13.2 Å². The second-order valence-electron chi connectivity index (χ2n) is 17.1. The number of carbonyl (C=O) groups excluding carboxylic acids is 3. The van der Waals surface area contributed by atoms with Gasteiger partial charge in [-0.2, -0.15) is 0 Å². The highest BCUT2D eigenvalue weighted by molar-refractivity contribution is 6.06. The van der Waals surface area contributed by atoms with Gasteiger partial charge in [-0.25, -0.2) is 0 Å². The van der Waals surface area contributed by atoms with E-state index in [-0.39, 0.29) is 42.1 Å². The van der Waals surface area contributed by atoms with E-state index in [0.717, 1.165) is 77.8 Å². The molecule has 3 aromatic rings. The van der Waals surface area contributed by atoms with Crippen molar-refractivity contribution in [3.05, 3.63) is 54.6 Å². The smallest absolute Gasteiger partial charge is 0.316 e. The Hall–Kier alpha value is -3.45. The van der Waals surface area contributed by atoms with E-state index >= 15 is 0 Å². The van der Waals surface area contributed by atoms with Crippen molar-refractivity contribution in [2.24, 2.45) is 34.0 Å². The molecule has 0 radical (unpaired) electrons. The first-order valence-electron chi connectivity index (χ1n) is 19.1. The third kappa shape index (κ3) is 9.71. The van der Waals surface area contributed by atoms with Crippen LogP contribution in [0.1, 0.15) is 120 Å². The van der Waals surface area contributed by atoms with Crippen molar-refractivity contribution < 1.29 is 33.7 Å². The molecule has 0 atom stereocenters. The summed E-state index contributed by atoms with van der Waals surface area (Å²) in [5, 5.41) is 12.5. The fourth-order valence-corrected chi connectivity index (χ4v) is 7.57. The number of esters is 3. The Labute approximate surface area is 305 Å². The van der Waals surface area contributed by atoms with E-state index in [2.05, 4.69) is 13.0 Å². The minimum Gasteiger partial charge on any atom is -0.463 e. The molecule has 0 spiro atoms. The molecule has 7 nitrogen and oxygen atoms in total. The maximum Gasteiger partial charge on any atom is 0.316 e. The van der Waals surface area contributed by atoms with Gasteiger partial charge in [0.25, 0.3) is 0 Å². The molecule has 0 heterocycles. The number of hydrogen-bond donors (Lipinski definition) is 1. The second kappa shape index (κ2) is 16.5. The van der Waals surface area contributed by atoms with Crippen LogP contribution in [-0.2, 0) is 23.9 Å². The number of benzene rings is 3. The Morgan fingerprint density at radius 1 is 0.667 bits per heavy atom. The summed E-state index contributed by atoms with van der Waals surface area (Å²) < 4.78 is 16.7. The van der Waals surface area contributed by atoms with Gasteiger partial charge in [0.15, 0.2) is 0 Å². The van der Waals surface area contributed by atoms with Crippen molar-refractivity contribution in [3.63, 3.8) is 0 Å². The van der Waals surface area contributed by atoms with Crippen LogP contribution in [0.25, 0.3) is 21.5 Å². The molecule has 4 saturated carbocycles. The lowest BCUT2D eigenvalue weighted by atomic mass is 9.54. The first kappa shape index (κ1) is 40.3. The van der Waals surface area contributed by atoms with E-state index in [1.165, 1.54) is 19.3 Å². The van der Waals surface area contributed by atoms with Crippen LogP contribution in [0.15, 0.2) is 54.6 Å². The third-order valence-electron chi connectivity index (χ3n) is 11.8. The van der Waals surface area contributed by atoms with Crippen LogP contribution < -0.4 is 4.74 Å². The summed E-state index contributed by atoms with van der Waals surface area (Å²) in [6.07, 6.45) is 9.97. The number of ether oxygens (including phenoxy) is 3. The van der Waals surface area contributed by atoms with Gasteiger partial charge in [-0.05, 0) is 134 Å². The van der Waals surface area contributed by atoms with Gasteiger partial charge >= 0.3 is 17.9 Å². The highest BCUT2D eigenvalue weighted by atomic mass is 16.6. The molecule has 0 saturated heterocycles. The van der Waals surface area contributed by atoms with Gasteiger partial charge in [0.05, 0.1) is 22.9 Å². The molecule has 1 N–H and O–H groups in total. The summed E-state index contributed by atoms with van der Waals surface area (Å²) in [6.45, 7) is 17.5. The number of fused-ring (bicyclic) bond motifs is 2. The quantitative estimate of drug-likeness (QED) is 0.128. The van der Waals surface area contributed by atoms with Gasteiger partial charge in [0.2, 0.25) is 0 Å². The van der Waals surface area contributed by atoms with Gasteiger partial charge in [-0.1, -0.05) is 69.3 Å². The molecule has 51 heavy (non-hydrogen) atoms. The standard InChI is InChI=1S/C20H20O2.C16H26O2.C8H16O3/c1-4-20(2,3)19(21)22-18-16-11-7-5-9-14(16)13-15-10-6-8-12-17(15)18;1-4-15(2,3)14(17)18-16-8-11-5-12(9-16)7-13(6-11)10-16;1-4-8(2,3)7(10)11-6-5-9/h5-13H,4H2,1-3H3;11-13H,4-10H2,1-3H3;9H,4-6H2,1-3H3. The number of rotatable bonds is 10. The van der Waals surface area contributed by atoms with Crippen molar-refractivity contribution in [3.8, 4) is 5.75 Å². The molecule has 4 bridgehead atoms. The molecule has 3 aromatic carbocycles. The summed E-state index contributed by atoms with van der Waals surface area (Å²) >= 11 is 0. The first-order valence-corrected chi connectivity index (χ1v) is 19.1. The summed E-state index contributed by atoms with van der Waals surface area (Å²) in [4.78, 5) is 36.0. The largest absolute Gasteiger partial charge is 0.463 e. The molecule has 280 valence electrons. The third-order valence-corrected chi connectivity index (χ3v) is 11.8. The van der Waals surface area contributed by atoms with Gasteiger partial charge in [0.1, 0.15) is 18.0 Å². The molecule has 0 unspecified atom stereocenters. The maximum atomic E-state index is 12.5. The number of hydrogen-bond acceptors (Lipinski definition) is 7. The molecule has 4 aliphatic rings. The molecular weight excluding hydrogens is 640 g/mol. The summed E-state index contributed by atoms with van der Waals surface area (Å²) in [5.41, 5.74) is -1.30. The van der Waals surface area contributed by atoms with Gasteiger partial charge in [-0.3, -0.25) is 14.4 Å². The fraction of sp³-hybridized carbons (Fsp3) is 0.614. The van der Waals surface area contributed by atoms with Crippen LogP contribution in [0, 0.1) is 34.0 Å². The van der Waals surface area contributed by atoms with E-state index in [9.17, 15) is 14.4 Å². The Morgan fingerprint density at radius 3 is 1.51 bits per heavy atom. The van der Waals surface area contributed by atoms with E-state index in [4.69, 9.17) is 19.3 Å². The van der Waals surface area contributed by atoms with E-state index in [0.29, 0.717) is 5.75 Å². The predicted molar refractivity (Wildman–Crippen MR) is 204 cm³/mol. The van der Waals surface area contributed by atoms with Crippen LogP contribution in [-0.4, -0.2) is 41.8 Å². The lowest BCUT2D eigenvalue weighted by Gasteiger charge is -2.56. The zero-order valence-corrected chi connectivity index (χ0v) is 32.6. The van der Waals surface area contributed by atoms with E-state index in [1.54, 1.807) is 0 Å². The Morgan fingerprint density at radius 2 is 1.08 bits per heavy atom. The van der Waals surface area contributed by atoms with E-state index in [1.807, 2.05) is 104 Å². The molecule has 0 aromatic heterocycles. The molecule has 4 fully saturated rings. The zero-order valence-electron chi connectivity index (χ0n) is 32.6. The Balaban J connectivity index is 0.000000182. The molecule has 7 heteroatoms. The normalized spacial score (nSPS) is 22.4. The Bertz CT molecular complexity index is 1580. The lowest BCUT2D eigenvalue weighted by molar-refractivity contribution is -0.196. The summed E-state index contributed by atoms with van der Waals surface area (Å²) in [5.74, 6) is 2.80. The molecule has 7 rings (SSSR count). The number of carbonyl (C=O) groups is 3. The average molecular weight is 703 g/mol. The highest BCUT2D eigenvalue weighted by Gasteiger charge is 2.54. The maximum absolute atomic E-state index is 12.5. The van der Waals surface area contributed by atoms with Gasteiger partial charge < -0.3 is 19.3 Å². The van der Waals surface area contributed by atoms with Crippen molar-refractivity contribution in [1.29, 1.82) is 0 Å². The average Bonchev–Trinajstić information content (AvgIpc) is 3.10. The molecule has 0 aliphatic heterocycles. The van der Waals surface area contributed by atoms with Crippen LogP contribution in [0.5, 0.6) is 5.75 Å². The monoisotopic (exact) mass is 702 g/mol. The number of aliphatic hydroxyl groups excluding tert-OH is 1. The minimum absolute atomic E-state index is 0.0342. The SMILES string of the molecule is CCC(C)(C)C(=O)OC12CC3CC(CC(C3)C1)C2.CCC(C)(C)C(=O)OCCO.CCC(C)(C)C(=O)Oc1c2ccccc2cc2ccccc12.